The van der Waals surface area contributed by atoms with Crippen LogP contribution in [-0.4, -0.2) is 40.9 Å². The highest BCUT2D eigenvalue weighted by molar-refractivity contribution is 5.88. The number of aromatic carboxylic acids is 1. The predicted molar refractivity (Wildman–Crippen MR) is 85.1 cm³/mol. The first-order chi connectivity index (χ1) is 11.0. The van der Waals surface area contributed by atoms with Gasteiger partial charge in [-0.1, -0.05) is 13.0 Å². The van der Waals surface area contributed by atoms with Crippen LogP contribution in [0.5, 0.6) is 0 Å². The molecule has 0 fully saturated rings. The van der Waals surface area contributed by atoms with Crippen molar-refractivity contribution in [3.05, 3.63) is 34.9 Å². The van der Waals surface area contributed by atoms with Gasteiger partial charge in [-0.2, -0.15) is 0 Å². The number of hydrogen-bond donors (Lipinski definition) is 2. The molecule has 1 aromatic carbocycles. The van der Waals surface area contributed by atoms with Gasteiger partial charge < -0.3 is 15.3 Å². The Hall–Kier alpha value is -2.37. The van der Waals surface area contributed by atoms with Crippen LogP contribution in [0.15, 0.2) is 18.2 Å². The van der Waals surface area contributed by atoms with Crippen LogP contribution in [0.2, 0.25) is 0 Å². The van der Waals surface area contributed by atoms with Gasteiger partial charge in [0.15, 0.2) is 0 Å². The van der Waals surface area contributed by atoms with E-state index in [1.807, 2.05) is 13.0 Å². The number of carboxylic acid groups (broad SMARTS) is 1. The Bertz CT molecular complexity index is 613. The van der Waals surface area contributed by atoms with E-state index < -0.39 is 5.97 Å². The van der Waals surface area contributed by atoms with Gasteiger partial charge >= 0.3 is 5.97 Å². The number of nitrogens with one attached hydrogen (secondary N) is 1. The van der Waals surface area contributed by atoms with Crippen LogP contribution in [0, 0.1) is 0 Å². The third-order valence-electron chi connectivity index (χ3n) is 3.96. The number of hydrogen-bond acceptors (Lipinski definition) is 3. The summed E-state index contributed by atoms with van der Waals surface area (Å²) in [5, 5.41) is 11.8. The zero-order valence-corrected chi connectivity index (χ0v) is 13.3. The maximum atomic E-state index is 12.2. The predicted octanol–water partition coefficient (Wildman–Crippen LogP) is 1.58. The summed E-state index contributed by atoms with van der Waals surface area (Å²) < 4.78 is 0. The molecule has 23 heavy (non-hydrogen) atoms. The number of nitrogens with zero attached hydrogens (tertiary/aromatic N) is 1. The molecule has 0 spiro atoms. The highest BCUT2D eigenvalue weighted by atomic mass is 16.4. The maximum absolute atomic E-state index is 12.2. The van der Waals surface area contributed by atoms with Crippen LogP contribution in [0.25, 0.3) is 0 Å². The maximum Gasteiger partial charge on any atom is 0.335 e. The zero-order valence-electron chi connectivity index (χ0n) is 13.3. The lowest BCUT2D eigenvalue weighted by molar-refractivity contribution is -0.134. The fraction of sp³-hybridized carbons (Fsp3) is 0.471. The number of rotatable bonds is 6. The Morgan fingerprint density at radius 3 is 2.70 bits per heavy atom. The molecule has 2 rings (SSSR count). The normalized spacial score (nSPS) is 13.3. The van der Waals surface area contributed by atoms with E-state index in [9.17, 15) is 14.4 Å². The lowest BCUT2D eigenvalue weighted by Gasteiger charge is -2.29. The first-order valence-corrected chi connectivity index (χ1v) is 7.90. The van der Waals surface area contributed by atoms with Crippen molar-refractivity contribution < 1.29 is 19.5 Å². The number of carbonyl (C=O) groups excluding carboxylic acids is 2. The monoisotopic (exact) mass is 318 g/mol. The first-order valence-electron chi connectivity index (χ1n) is 7.90. The zero-order chi connectivity index (χ0) is 16.8. The molecular formula is C17H22N2O4. The van der Waals surface area contributed by atoms with Crippen molar-refractivity contribution in [3.63, 3.8) is 0 Å². The second-order valence-electron chi connectivity index (χ2n) is 5.70. The topological polar surface area (TPSA) is 86.7 Å². The smallest absolute Gasteiger partial charge is 0.335 e. The molecule has 6 nitrogen and oxygen atoms in total. The Labute approximate surface area is 135 Å². The van der Waals surface area contributed by atoms with E-state index >= 15 is 0 Å². The Morgan fingerprint density at radius 1 is 1.22 bits per heavy atom. The molecule has 0 radical (unpaired) electrons. The van der Waals surface area contributed by atoms with E-state index in [-0.39, 0.29) is 30.2 Å². The number of benzene rings is 1. The van der Waals surface area contributed by atoms with Crippen molar-refractivity contribution in [1.29, 1.82) is 0 Å². The molecule has 0 unspecified atom stereocenters. The molecule has 2 N–H and O–H groups in total. The van der Waals surface area contributed by atoms with E-state index in [2.05, 4.69) is 5.32 Å². The minimum absolute atomic E-state index is 0.0666. The highest BCUT2D eigenvalue weighted by Crippen LogP contribution is 2.21. The van der Waals surface area contributed by atoms with Crippen molar-refractivity contribution in [2.24, 2.45) is 0 Å². The number of fused-ring (bicyclic) bond motifs is 1. The summed E-state index contributed by atoms with van der Waals surface area (Å²) in [5.74, 6) is -1.14. The SMILES string of the molecule is CCCNC(=O)CCC(=O)N1CCc2ccc(C(=O)O)cc2C1. The third kappa shape index (κ3) is 4.55. The van der Waals surface area contributed by atoms with Crippen molar-refractivity contribution >= 4 is 17.8 Å². The van der Waals surface area contributed by atoms with E-state index in [1.54, 1.807) is 17.0 Å². The van der Waals surface area contributed by atoms with Crippen LogP contribution in [0.4, 0.5) is 0 Å². The number of carboxylic acids is 1. The Balaban J connectivity index is 1.93. The Kier molecular flexibility index (Phi) is 5.73. The molecule has 0 bridgehead atoms. The Morgan fingerprint density at radius 2 is 2.00 bits per heavy atom. The summed E-state index contributed by atoms with van der Waals surface area (Å²) in [7, 11) is 0. The summed E-state index contributed by atoms with van der Waals surface area (Å²) in [4.78, 5) is 36.5. The lowest BCUT2D eigenvalue weighted by Crippen LogP contribution is -2.36. The van der Waals surface area contributed by atoms with Gasteiger partial charge in [-0.25, -0.2) is 4.79 Å². The molecule has 2 amide bonds. The van der Waals surface area contributed by atoms with Crippen LogP contribution in [-0.2, 0) is 22.6 Å². The first kappa shape index (κ1) is 17.0. The van der Waals surface area contributed by atoms with Gasteiger partial charge in [0.05, 0.1) is 5.56 Å². The fourth-order valence-electron chi connectivity index (χ4n) is 2.63. The van der Waals surface area contributed by atoms with Gasteiger partial charge in [0.25, 0.3) is 0 Å². The summed E-state index contributed by atoms with van der Waals surface area (Å²) in [6.45, 7) is 3.62. The van der Waals surface area contributed by atoms with Gasteiger partial charge in [-0.3, -0.25) is 9.59 Å². The second kappa shape index (κ2) is 7.76. The van der Waals surface area contributed by atoms with Crippen molar-refractivity contribution in [3.8, 4) is 0 Å². The van der Waals surface area contributed by atoms with Gasteiger partial charge in [0.1, 0.15) is 0 Å². The molecule has 0 aliphatic carbocycles. The molecule has 0 saturated heterocycles. The summed E-state index contributed by atoms with van der Waals surface area (Å²) in [6.07, 6.45) is 1.96. The average Bonchev–Trinajstić information content (AvgIpc) is 2.56. The van der Waals surface area contributed by atoms with Crippen molar-refractivity contribution in [1.82, 2.24) is 10.2 Å². The quantitative estimate of drug-likeness (QED) is 0.833. The standard InChI is InChI=1S/C17H22N2O4/c1-2-8-18-15(20)5-6-16(21)19-9-7-12-3-4-13(17(22)23)10-14(12)11-19/h3-4,10H,2,5-9,11H2,1H3,(H,18,20)(H,22,23). The van der Waals surface area contributed by atoms with Gasteiger partial charge in [0, 0.05) is 32.5 Å². The molecule has 0 atom stereocenters. The van der Waals surface area contributed by atoms with Gasteiger partial charge in [0.2, 0.25) is 11.8 Å². The van der Waals surface area contributed by atoms with E-state index in [1.165, 1.54) is 0 Å². The molecule has 0 saturated carbocycles. The van der Waals surface area contributed by atoms with Gasteiger partial charge in [-0.05, 0) is 36.1 Å². The van der Waals surface area contributed by atoms with Crippen LogP contribution in [0.1, 0.15) is 47.7 Å². The summed E-state index contributed by atoms with van der Waals surface area (Å²) >= 11 is 0. The minimum Gasteiger partial charge on any atom is -0.478 e. The number of amides is 2. The molecular weight excluding hydrogens is 296 g/mol. The van der Waals surface area contributed by atoms with Gasteiger partial charge in [-0.15, -0.1) is 0 Å². The van der Waals surface area contributed by atoms with E-state index in [0.29, 0.717) is 26.1 Å². The summed E-state index contributed by atoms with van der Waals surface area (Å²) in [5.41, 5.74) is 2.19. The minimum atomic E-state index is -0.969. The molecule has 1 aliphatic rings. The van der Waals surface area contributed by atoms with Crippen LogP contribution >= 0.6 is 0 Å². The number of carbonyl (C=O) groups is 3. The molecule has 1 heterocycles. The average molecular weight is 318 g/mol. The lowest BCUT2D eigenvalue weighted by atomic mass is 9.97. The van der Waals surface area contributed by atoms with E-state index in [0.717, 1.165) is 17.5 Å². The third-order valence-corrected chi connectivity index (χ3v) is 3.96. The van der Waals surface area contributed by atoms with Crippen molar-refractivity contribution in [2.45, 2.75) is 39.2 Å². The summed E-state index contributed by atoms with van der Waals surface area (Å²) in [6, 6.07) is 5.04. The van der Waals surface area contributed by atoms with Crippen LogP contribution < -0.4 is 5.32 Å². The highest BCUT2D eigenvalue weighted by Gasteiger charge is 2.22. The fourth-order valence-corrected chi connectivity index (χ4v) is 2.63. The molecule has 1 aliphatic heterocycles. The molecule has 124 valence electrons. The van der Waals surface area contributed by atoms with Crippen LogP contribution in [0.3, 0.4) is 0 Å². The molecule has 0 aromatic heterocycles. The van der Waals surface area contributed by atoms with E-state index in [4.69, 9.17) is 5.11 Å². The molecule has 1 aromatic rings. The van der Waals surface area contributed by atoms with Crippen molar-refractivity contribution in [2.75, 3.05) is 13.1 Å². The molecule has 6 heteroatoms. The largest absolute Gasteiger partial charge is 0.478 e. The second-order valence-corrected chi connectivity index (χ2v) is 5.70.